The maximum Gasteiger partial charge on any atom is 0.169 e. The van der Waals surface area contributed by atoms with Gasteiger partial charge in [0.25, 0.3) is 0 Å². The van der Waals surface area contributed by atoms with Crippen molar-refractivity contribution in [3.8, 4) is 0 Å². The Balaban J connectivity index is 2.81. The summed E-state index contributed by atoms with van der Waals surface area (Å²) < 4.78 is 1.97. The molecule has 1 rings (SSSR count). The molecule has 3 nitrogen and oxygen atoms in total. The lowest BCUT2D eigenvalue weighted by molar-refractivity contribution is 0.111. The Labute approximate surface area is 72.4 Å². The van der Waals surface area contributed by atoms with Gasteiger partial charge >= 0.3 is 0 Å². The van der Waals surface area contributed by atoms with E-state index in [2.05, 4.69) is 25.8 Å². The Morgan fingerprint density at radius 1 is 1.50 bits per heavy atom. The second-order valence-electron chi connectivity index (χ2n) is 3.35. The van der Waals surface area contributed by atoms with Crippen LogP contribution in [0.4, 0.5) is 0 Å². The summed E-state index contributed by atoms with van der Waals surface area (Å²) in [6.45, 7) is 6.40. The van der Waals surface area contributed by atoms with E-state index in [1.165, 1.54) is 0 Å². The molecule has 0 spiro atoms. The summed E-state index contributed by atoms with van der Waals surface area (Å²) in [5.41, 5.74) is 0.502. The summed E-state index contributed by atoms with van der Waals surface area (Å²) in [5.74, 6) is 0.554. The predicted octanol–water partition coefficient (Wildman–Crippen LogP) is 1.91. The van der Waals surface area contributed by atoms with Crippen LogP contribution in [-0.4, -0.2) is 15.8 Å². The van der Waals surface area contributed by atoms with Crippen LogP contribution in [-0.2, 0) is 0 Å². The Hall–Kier alpha value is -1.12. The smallest absolute Gasteiger partial charge is 0.169 e. The molecule has 1 aromatic rings. The largest absolute Gasteiger partial charge is 0.334 e. The molecule has 0 saturated heterocycles. The molecule has 0 amide bonds. The number of carbonyl (C=O) groups is 1. The lowest BCUT2D eigenvalue weighted by Crippen LogP contribution is -2.09. The van der Waals surface area contributed by atoms with Gasteiger partial charge in [-0.2, -0.15) is 0 Å². The van der Waals surface area contributed by atoms with Crippen LogP contribution in [0.3, 0.4) is 0 Å². The van der Waals surface area contributed by atoms with E-state index >= 15 is 0 Å². The molecule has 1 aromatic heterocycles. The Morgan fingerprint density at radius 3 is 2.58 bits per heavy atom. The highest BCUT2D eigenvalue weighted by Crippen LogP contribution is 2.15. The molecule has 12 heavy (non-hydrogen) atoms. The van der Waals surface area contributed by atoms with Gasteiger partial charge in [0, 0.05) is 12.2 Å². The van der Waals surface area contributed by atoms with Gasteiger partial charge in [0.2, 0.25) is 0 Å². The summed E-state index contributed by atoms with van der Waals surface area (Å²) in [6.07, 6.45) is 4.25. The van der Waals surface area contributed by atoms with Gasteiger partial charge in [0.1, 0.15) is 5.69 Å². The second kappa shape index (κ2) is 3.52. The average Bonchev–Trinajstić information content (AvgIpc) is 2.50. The summed E-state index contributed by atoms with van der Waals surface area (Å²) in [7, 11) is 0. The number of rotatable bonds is 3. The van der Waals surface area contributed by atoms with Gasteiger partial charge < -0.3 is 4.57 Å². The standard InChI is InChI=1S/C9H14N2O/c1-7(2)8(3)11-4-9(5-12)10-6-11/h4-8H,1-3H3/t8-/m0/s1. The molecule has 0 bridgehead atoms. The van der Waals surface area contributed by atoms with E-state index in [-0.39, 0.29) is 0 Å². The molecule has 0 aromatic carbocycles. The van der Waals surface area contributed by atoms with Crippen LogP contribution in [0.15, 0.2) is 12.5 Å². The molecular weight excluding hydrogens is 152 g/mol. The van der Waals surface area contributed by atoms with Gasteiger partial charge in [-0.1, -0.05) is 13.8 Å². The first kappa shape index (κ1) is 8.97. The van der Waals surface area contributed by atoms with Crippen LogP contribution >= 0.6 is 0 Å². The maximum absolute atomic E-state index is 10.3. The Bertz CT molecular complexity index is 265. The van der Waals surface area contributed by atoms with Crippen LogP contribution in [0, 0.1) is 5.92 Å². The number of carbonyl (C=O) groups excluding carboxylic acids is 1. The number of aldehydes is 1. The first-order valence-corrected chi connectivity index (χ1v) is 4.13. The van der Waals surface area contributed by atoms with E-state index in [9.17, 15) is 4.79 Å². The van der Waals surface area contributed by atoms with E-state index in [4.69, 9.17) is 0 Å². The lowest BCUT2D eigenvalue weighted by Gasteiger charge is -2.16. The monoisotopic (exact) mass is 166 g/mol. The maximum atomic E-state index is 10.3. The van der Waals surface area contributed by atoms with Crippen molar-refractivity contribution in [2.75, 3.05) is 0 Å². The minimum Gasteiger partial charge on any atom is -0.334 e. The minimum atomic E-state index is 0.395. The molecule has 0 N–H and O–H groups in total. The van der Waals surface area contributed by atoms with Gasteiger partial charge in [-0.25, -0.2) is 4.98 Å². The number of hydrogen-bond donors (Lipinski definition) is 0. The number of imidazole rings is 1. The summed E-state index contributed by atoms with van der Waals surface area (Å²) in [6, 6.07) is 0.395. The third-order valence-electron chi connectivity index (χ3n) is 2.18. The lowest BCUT2D eigenvalue weighted by atomic mass is 10.1. The molecular formula is C9H14N2O. The third-order valence-corrected chi connectivity index (χ3v) is 2.18. The SMILES string of the molecule is CC(C)[C@H](C)n1cnc(C=O)c1. The first-order chi connectivity index (χ1) is 5.65. The number of hydrogen-bond acceptors (Lipinski definition) is 2. The molecule has 1 atom stereocenters. The van der Waals surface area contributed by atoms with Crippen molar-refractivity contribution in [1.82, 2.24) is 9.55 Å². The van der Waals surface area contributed by atoms with Crippen LogP contribution in [0.1, 0.15) is 37.3 Å². The molecule has 1 heterocycles. The predicted molar refractivity (Wildman–Crippen MR) is 47.2 cm³/mol. The highest BCUT2D eigenvalue weighted by molar-refractivity contribution is 5.70. The van der Waals surface area contributed by atoms with Crippen LogP contribution < -0.4 is 0 Å². The fourth-order valence-corrected chi connectivity index (χ4v) is 0.981. The van der Waals surface area contributed by atoms with Crippen molar-refractivity contribution in [3.63, 3.8) is 0 Å². The van der Waals surface area contributed by atoms with Crippen LogP contribution in [0.5, 0.6) is 0 Å². The molecule has 0 radical (unpaired) electrons. The summed E-state index contributed by atoms with van der Waals surface area (Å²) in [4.78, 5) is 14.3. The zero-order valence-electron chi connectivity index (χ0n) is 7.69. The molecule has 0 unspecified atom stereocenters. The van der Waals surface area contributed by atoms with E-state index < -0.39 is 0 Å². The van der Waals surface area contributed by atoms with Gasteiger partial charge in [-0.05, 0) is 12.8 Å². The molecule has 0 aliphatic carbocycles. The van der Waals surface area contributed by atoms with Crippen LogP contribution in [0.2, 0.25) is 0 Å². The van der Waals surface area contributed by atoms with E-state index in [0.29, 0.717) is 17.7 Å². The van der Waals surface area contributed by atoms with Gasteiger partial charge in [0.05, 0.1) is 6.33 Å². The topological polar surface area (TPSA) is 34.9 Å². The summed E-state index contributed by atoms with van der Waals surface area (Å²) >= 11 is 0. The van der Waals surface area contributed by atoms with Gasteiger partial charge in [-0.3, -0.25) is 4.79 Å². The van der Waals surface area contributed by atoms with Gasteiger partial charge in [-0.15, -0.1) is 0 Å². The third kappa shape index (κ3) is 1.72. The van der Waals surface area contributed by atoms with Gasteiger partial charge in [0.15, 0.2) is 6.29 Å². The fraction of sp³-hybridized carbons (Fsp3) is 0.556. The zero-order chi connectivity index (χ0) is 9.14. The van der Waals surface area contributed by atoms with Crippen LogP contribution in [0.25, 0.3) is 0 Å². The van der Waals surface area contributed by atoms with Crippen molar-refractivity contribution in [2.24, 2.45) is 5.92 Å². The number of nitrogens with zero attached hydrogens (tertiary/aromatic N) is 2. The normalized spacial score (nSPS) is 13.3. The molecule has 0 aliphatic heterocycles. The number of aromatic nitrogens is 2. The van der Waals surface area contributed by atoms with Crippen molar-refractivity contribution < 1.29 is 4.79 Å². The van der Waals surface area contributed by atoms with Crippen molar-refractivity contribution >= 4 is 6.29 Å². The fourth-order valence-electron chi connectivity index (χ4n) is 0.981. The Kier molecular flexibility index (Phi) is 2.63. The first-order valence-electron chi connectivity index (χ1n) is 4.13. The van der Waals surface area contributed by atoms with E-state index in [1.807, 2.05) is 4.57 Å². The minimum absolute atomic E-state index is 0.395. The van der Waals surface area contributed by atoms with E-state index in [0.717, 1.165) is 6.29 Å². The average molecular weight is 166 g/mol. The molecule has 66 valence electrons. The highest BCUT2D eigenvalue weighted by Gasteiger charge is 2.09. The molecule has 0 fully saturated rings. The zero-order valence-corrected chi connectivity index (χ0v) is 7.69. The van der Waals surface area contributed by atoms with E-state index in [1.54, 1.807) is 12.5 Å². The molecule has 0 aliphatic rings. The quantitative estimate of drug-likeness (QED) is 0.643. The second-order valence-corrected chi connectivity index (χ2v) is 3.35. The molecule has 0 saturated carbocycles. The molecule has 3 heteroatoms. The van der Waals surface area contributed by atoms with Crippen molar-refractivity contribution in [3.05, 3.63) is 18.2 Å². The highest BCUT2D eigenvalue weighted by atomic mass is 16.1. The Morgan fingerprint density at radius 2 is 2.17 bits per heavy atom. The van der Waals surface area contributed by atoms with Crippen molar-refractivity contribution in [2.45, 2.75) is 26.8 Å². The van der Waals surface area contributed by atoms with Crippen molar-refractivity contribution in [1.29, 1.82) is 0 Å². The summed E-state index contributed by atoms with van der Waals surface area (Å²) in [5, 5.41) is 0.